The summed E-state index contributed by atoms with van der Waals surface area (Å²) in [6.45, 7) is 5.58. The van der Waals surface area contributed by atoms with Crippen molar-refractivity contribution in [3.05, 3.63) is 0 Å². The van der Waals surface area contributed by atoms with E-state index in [4.69, 9.17) is 10.2 Å². The second kappa shape index (κ2) is 14.9. The molecule has 0 heterocycles. The van der Waals surface area contributed by atoms with Crippen molar-refractivity contribution >= 4 is 50.1 Å². The van der Waals surface area contributed by atoms with E-state index < -0.39 is 22.4 Å². The molecule has 98 valence electrons. The third-order valence-corrected chi connectivity index (χ3v) is 1.54. The van der Waals surface area contributed by atoms with Crippen molar-refractivity contribution < 1.29 is 24.0 Å². The monoisotopic (exact) mass is 290 g/mol. The first kappa shape index (κ1) is 21.3. The zero-order valence-corrected chi connectivity index (χ0v) is 12.0. The van der Waals surface area contributed by atoms with Crippen molar-refractivity contribution in [3.8, 4) is 0 Å². The molecule has 0 aliphatic carbocycles. The topological polar surface area (TPSA) is 83.8 Å². The highest BCUT2D eigenvalue weighted by atomic mass is 32.1. The molecule has 0 fully saturated rings. The van der Waals surface area contributed by atoms with Gasteiger partial charge in [-0.05, 0) is 33.7 Å². The fourth-order valence-corrected chi connectivity index (χ4v) is 0. The summed E-state index contributed by atoms with van der Waals surface area (Å²) in [7, 11) is 0. The molecule has 0 saturated heterocycles. The molecule has 0 aliphatic rings. The van der Waals surface area contributed by atoms with Crippen LogP contribution in [-0.2, 0) is 13.8 Å². The second-order valence-corrected chi connectivity index (χ2v) is 4.25. The summed E-state index contributed by atoms with van der Waals surface area (Å²) in [6, 6.07) is 0. The molecule has 0 aliphatic heterocycles. The lowest BCUT2D eigenvalue weighted by Crippen LogP contribution is -2.06. The van der Waals surface area contributed by atoms with Gasteiger partial charge >= 0.3 is 11.9 Å². The number of thiol groups is 3. The van der Waals surface area contributed by atoms with Crippen LogP contribution < -0.4 is 0 Å². The average Bonchev–Trinajstić information content (AvgIpc) is 2.18. The number of hydrogen-bond donors (Lipinski definition) is 5. The largest absolute Gasteiger partial charge is 0.480 e. The Bertz CT molecular complexity index is 165. The zero-order valence-electron chi connectivity index (χ0n) is 9.32. The van der Waals surface area contributed by atoms with Crippen LogP contribution >= 0.6 is 38.2 Å². The summed E-state index contributed by atoms with van der Waals surface area (Å²) in [5.74, 6) is -1.75. The summed E-state index contributed by atoms with van der Waals surface area (Å²) in [5.41, 5.74) is 0. The number of rotatable bonds is 3. The molecule has 0 spiro atoms. The molecule has 0 aromatic carbocycles. The van der Waals surface area contributed by atoms with Gasteiger partial charge in [-0.15, -0.1) is 0 Å². The highest BCUT2D eigenvalue weighted by Gasteiger charge is 2.00. The lowest BCUT2D eigenvalue weighted by atomic mass is 10.5. The SMILES string of the molecule is CC(S)C(=O)O.CC(S)C(=O)O.CCOS. The predicted octanol–water partition coefficient (Wildman–Crippen LogP) is 1.65. The fraction of sp³-hybridized carbons (Fsp3) is 0.750. The van der Waals surface area contributed by atoms with Gasteiger partial charge in [-0.25, -0.2) is 0 Å². The maximum atomic E-state index is 9.62. The Balaban J connectivity index is -0.000000162. The third kappa shape index (κ3) is 29.2. The van der Waals surface area contributed by atoms with Crippen LogP contribution in [0.5, 0.6) is 0 Å². The molecule has 2 N–H and O–H groups in total. The minimum atomic E-state index is -0.877. The minimum absolute atomic E-state index is 0.537. The van der Waals surface area contributed by atoms with Crippen molar-refractivity contribution in [2.75, 3.05) is 6.61 Å². The number of carbonyl (C=O) groups is 2. The van der Waals surface area contributed by atoms with Crippen molar-refractivity contribution in [1.29, 1.82) is 0 Å². The quantitative estimate of drug-likeness (QED) is 0.403. The van der Waals surface area contributed by atoms with Gasteiger partial charge in [-0.2, -0.15) is 25.3 Å². The Kier molecular flexibility index (Phi) is 19.9. The van der Waals surface area contributed by atoms with Gasteiger partial charge in [0.25, 0.3) is 0 Å². The van der Waals surface area contributed by atoms with Gasteiger partial charge in [-0.1, -0.05) is 0 Å². The van der Waals surface area contributed by atoms with Crippen molar-refractivity contribution in [2.24, 2.45) is 0 Å². The number of hydrogen-bond acceptors (Lipinski definition) is 6. The average molecular weight is 290 g/mol. The maximum absolute atomic E-state index is 9.62. The summed E-state index contributed by atoms with van der Waals surface area (Å²) in [4.78, 5) is 19.2. The standard InChI is InChI=1S/2C3H6O2S.C2H6OS/c2*1-2(6)3(4)5;1-2-3-4/h2*2,6H,1H3,(H,4,5);4H,2H2,1H3. The van der Waals surface area contributed by atoms with Gasteiger partial charge in [0.1, 0.15) is 0 Å². The molecule has 5 nitrogen and oxygen atoms in total. The van der Waals surface area contributed by atoms with E-state index in [0.29, 0.717) is 6.61 Å². The molecule has 0 amide bonds. The first-order valence-electron chi connectivity index (χ1n) is 4.28. The summed E-state index contributed by atoms with van der Waals surface area (Å²) < 4.78 is 4.24. The molecule has 0 aromatic heterocycles. The van der Waals surface area contributed by atoms with Crippen LogP contribution in [0, 0.1) is 0 Å². The lowest BCUT2D eigenvalue weighted by molar-refractivity contribution is -0.137. The molecule has 0 aromatic rings. The predicted molar refractivity (Wildman–Crippen MR) is 72.8 cm³/mol. The molecule has 8 heteroatoms. The highest BCUT2D eigenvalue weighted by molar-refractivity contribution is 7.81. The summed E-state index contributed by atoms with van der Waals surface area (Å²) in [6.07, 6.45) is 0. The van der Waals surface area contributed by atoms with Crippen LogP contribution in [0.1, 0.15) is 20.8 Å². The molecule has 2 unspecified atom stereocenters. The Morgan fingerprint density at radius 3 is 1.25 bits per heavy atom. The van der Waals surface area contributed by atoms with E-state index in [1.807, 2.05) is 6.92 Å². The van der Waals surface area contributed by atoms with Crippen molar-refractivity contribution in [3.63, 3.8) is 0 Å². The van der Waals surface area contributed by atoms with Crippen LogP contribution in [-0.4, -0.2) is 39.3 Å². The molecule has 0 radical (unpaired) electrons. The Morgan fingerprint density at radius 1 is 1.12 bits per heavy atom. The van der Waals surface area contributed by atoms with E-state index in [1.165, 1.54) is 13.8 Å². The van der Waals surface area contributed by atoms with Gasteiger partial charge in [-0.3, -0.25) is 9.59 Å². The smallest absolute Gasteiger partial charge is 0.316 e. The van der Waals surface area contributed by atoms with E-state index in [2.05, 4.69) is 42.4 Å². The maximum Gasteiger partial charge on any atom is 0.316 e. The molecule has 0 rings (SSSR count). The highest BCUT2D eigenvalue weighted by Crippen LogP contribution is 1.88. The van der Waals surface area contributed by atoms with E-state index in [-0.39, 0.29) is 0 Å². The molecular formula is C8H18O5S3. The first-order valence-corrected chi connectivity index (χ1v) is 5.68. The van der Waals surface area contributed by atoms with Crippen molar-refractivity contribution in [1.82, 2.24) is 0 Å². The van der Waals surface area contributed by atoms with Crippen LogP contribution in [0.25, 0.3) is 0 Å². The minimum Gasteiger partial charge on any atom is -0.480 e. The first-order chi connectivity index (χ1) is 7.20. The van der Waals surface area contributed by atoms with E-state index in [9.17, 15) is 9.59 Å². The molecule has 0 saturated carbocycles. The number of carboxylic acid groups (broad SMARTS) is 2. The van der Waals surface area contributed by atoms with Gasteiger partial charge in [0.05, 0.1) is 17.1 Å². The second-order valence-electron chi connectivity index (χ2n) is 2.45. The fourth-order valence-electron chi connectivity index (χ4n) is 0. The third-order valence-electron chi connectivity index (χ3n) is 0.844. The Morgan fingerprint density at radius 2 is 1.25 bits per heavy atom. The van der Waals surface area contributed by atoms with Gasteiger partial charge in [0, 0.05) is 0 Å². The molecule has 2 atom stereocenters. The van der Waals surface area contributed by atoms with E-state index in [0.717, 1.165) is 0 Å². The Hall–Kier alpha value is -0.0500. The summed E-state index contributed by atoms with van der Waals surface area (Å²) >= 11 is 10.6. The van der Waals surface area contributed by atoms with Crippen LogP contribution in [0.4, 0.5) is 0 Å². The number of carboxylic acids is 2. The van der Waals surface area contributed by atoms with Crippen LogP contribution in [0.3, 0.4) is 0 Å². The number of aliphatic carboxylic acids is 2. The zero-order chi connectivity index (χ0) is 13.7. The lowest BCUT2D eigenvalue weighted by Gasteiger charge is -1.88. The van der Waals surface area contributed by atoms with Gasteiger partial charge in [0.2, 0.25) is 0 Å². The van der Waals surface area contributed by atoms with Crippen molar-refractivity contribution in [2.45, 2.75) is 31.3 Å². The van der Waals surface area contributed by atoms with E-state index in [1.54, 1.807) is 0 Å². The molecule has 0 bridgehead atoms. The summed E-state index contributed by atoms with van der Waals surface area (Å²) in [5, 5.41) is 14.8. The van der Waals surface area contributed by atoms with Crippen LogP contribution in [0.2, 0.25) is 0 Å². The van der Waals surface area contributed by atoms with E-state index >= 15 is 0 Å². The normalized spacial score (nSPS) is 12.1. The van der Waals surface area contributed by atoms with Crippen LogP contribution in [0.15, 0.2) is 0 Å². The molecule has 16 heavy (non-hydrogen) atoms. The molecular weight excluding hydrogens is 272 g/mol. The Labute approximate surface area is 112 Å². The van der Waals surface area contributed by atoms with Gasteiger partial charge < -0.3 is 14.4 Å². The van der Waals surface area contributed by atoms with Gasteiger partial charge in [0.15, 0.2) is 0 Å².